The molecule has 3 N–H and O–H groups in total. The van der Waals surface area contributed by atoms with E-state index in [9.17, 15) is 5.11 Å². The molecule has 1 rings (SSSR count). The zero-order chi connectivity index (χ0) is 9.03. The molecule has 3 nitrogen and oxygen atoms in total. The molecule has 1 heterocycles. The van der Waals surface area contributed by atoms with Crippen LogP contribution in [0.4, 0.5) is 0 Å². The molecule has 2 unspecified atom stereocenters. The fourth-order valence-corrected chi connectivity index (χ4v) is 1.59. The molecule has 0 saturated carbocycles. The van der Waals surface area contributed by atoms with Gasteiger partial charge in [0.1, 0.15) is 0 Å². The van der Waals surface area contributed by atoms with Gasteiger partial charge in [-0.1, -0.05) is 6.92 Å². The summed E-state index contributed by atoms with van der Waals surface area (Å²) in [6.07, 6.45) is 3.53. The van der Waals surface area contributed by atoms with Gasteiger partial charge in [0.2, 0.25) is 0 Å². The van der Waals surface area contributed by atoms with Crippen LogP contribution < -0.4 is 5.73 Å². The Morgan fingerprint density at radius 2 is 2.33 bits per heavy atom. The van der Waals surface area contributed by atoms with Crippen molar-refractivity contribution < 1.29 is 9.84 Å². The van der Waals surface area contributed by atoms with Gasteiger partial charge in [-0.05, 0) is 19.3 Å². The van der Waals surface area contributed by atoms with E-state index >= 15 is 0 Å². The zero-order valence-electron chi connectivity index (χ0n) is 7.75. The molecule has 0 amide bonds. The molecule has 2 atom stereocenters. The Bertz CT molecular complexity index is 128. The number of rotatable bonds is 3. The average Bonchev–Trinajstić information content (AvgIpc) is 2.18. The van der Waals surface area contributed by atoms with Crippen molar-refractivity contribution in [1.29, 1.82) is 0 Å². The Hall–Kier alpha value is -0.120. The summed E-state index contributed by atoms with van der Waals surface area (Å²) in [4.78, 5) is 0. The van der Waals surface area contributed by atoms with Gasteiger partial charge in [0, 0.05) is 18.6 Å². The van der Waals surface area contributed by atoms with E-state index in [1.807, 2.05) is 6.92 Å². The lowest BCUT2D eigenvalue weighted by molar-refractivity contribution is -0.0771. The van der Waals surface area contributed by atoms with Crippen molar-refractivity contribution in [3.05, 3.63) is 0 Å². The molecule has 0 aromatic carbocycles. The van der Waals surface area contributed by atoms with Crippen LogP contribution in [0, 0.1) is 5.41 Å². The highest BCUT2D eigenvalue weighted by molar-refractivity contribution is 4.85. The number of hydrogen-bond donors (Lipinski definition) is 2. The molecule has 0 spiro atoms. The van der Waals surface area contributed by atoms with Crippen LogP contribution in [-0.2, 0) is 4.74 Å². The molecule has 12 heavy (non-hydrogen) atoms. The van der Waals surface area contributed by atoms with Gasteiger partial charge in [0.25, 0.3) is 0 Å². The fourth-order valence-electron chi connectivity index (χ4n) is 1.59. The first kappa shape index (κ1) is 9.96. The SMILES string of the molecule is CC(CN)(CO)C1CCCCO1. The number of nitrogens with two attached hydrogens (primary N) is 1. The van der Waals surface area contributed by atoms with E-state index in [0.29, 0.717) is 6.54 Å². The highest BCUT2D eigenvalue weighted by Crippen LogP contribution is 2.29. The molecular weight excluding hydrogens is 154 g/mol. The summed E-state index contributed by atoms with van der Waals surface area (Å²) in [6.45, 7) is 3.42. The number of aliphatic hydroxyl groups excluding tert-OH is 1. The van der Waals surface area contributed by atoms with Crippen LogP contribution in [0.3, 0.4) is 0 Å². The lowest BCUT2D eigenvalue weighted by Gasteiger charge is -2.37. The van der Waals surface area contributed by atoms with Crippen LogP contribution in [-0.4, -0.2) is 31.0 Å². The quantitative estimate of drug-likeness (QED) is 0.654. The summed E-state index contributed by atoms with van der Waals surface area (Å²) < 4.78 is 5.58. The van der Waals surface area contributed by atoms with Gasteiger partial charge in [0.15, 0.2) is 0 Å². The fraction of sp³-hybridized carbons (Fsp3) is 1.00. The summed E-state index contributed by atoms with van der Waals surface area (Å²) in [5.74, 6) is 0. The number of ether oxygens (including phenoxy) is 1. The molecule has 3 heteroatoms. The van der Waals surface area contributed by atoms with E-state index in [2.05, 4.69) is 0 Å². The Balaban J connectivity index is 2.51. The Morgan fingerprint density at radius 1 is 1.58 bits per heavy atom. The topological polar surface area (TPSA) is 55.5 Å². The monoisotopic (exact) mass is 173 g/mol. The molecule has 0 aromatic rings. The van der Waals surface area contributed by atoms with E-state index in [1.54, 1.807) is 0 Å². The Kier molecular flexibility index (Phi) is 3.50. The minimum Gasteiger partial charge on any atom is -0.396 e. The van der Waals surface area contributed by atoms with Crippen LogP contribution in [0.5, 0.6) is 0 Å². The lowest BCUT2D eigenvalue weighted by Crippen LogP contribution is -2.45. The molecule has 1 saturated heterocycles. The number of aliphatic hydroxyl groups is 1. The summed E-state index contributed by atoms with van der Waals surface area (Å²) >= 11 is 0. The van der Waals surface area contributed by atoms with Crippen LogP contribution in [0.25, 0.3) is 0 Å². The summed E-state index contributed by atoms with van der Waals surface area (Å²) in [6, 6.07) is 0. The van der Waals surface area contributed by atoms with Gasteiger partial charge < -0.3 is 15.6 Å². The highest BCUT2D eigenvalue weighted by atomic mass is 16.5. The first-order chi connectivity index (χ1) is 5.73. The molecule has 1 aliphatic rings. The predicted octanol–water partition coefficient (Wildman–Crippen LogP) is 0.513. The second kappa shape index (κ2) is 4.21. The standard InChI is InChI=1S/C9H19NO2/c1-9(6-10,7-11)8-4-2-3-5-12-8/h8,11H,2-7,10H2,1H3. The summed E-state index contributed by atoms with van der Waals surface area (Å²) in [5.41, 5.74) is 5.37. The van der Waals surface area contributed by atoms with Crippen molar-refractivity contribution in [3.8, 4) is 0 Å². The molecule has 0 aliphatic carbocycles. The third kappa shape index (κ3) is 1.97. The van der Waals surface area contributed by atoms with Crippen LogP contribution in [0.15, 0.2) is 0 Å². The van der Waals surface area contributed by atoms with Gasteiger partial charge in [-0.2, -0.15) is 0 Å². The van der Waals surface area contributed by atoms with Crippen LogP contribution in [0.1, 0.15) is 26.2 Å². The van der Waals surface area contributed by atoms with Gasteiger partial charge in [-0.3, -0.25) is 0 Å². The minimum absolute atomic E-state index is 0.119. The second-order valence-corrected chi connectivity index (χ2v) is 3.87. The van der Waals surface area contributed by atoms with Crippen molar-refractivity contribution in [3.63, 3.8) is 0 Å². The van der Waals surface area contributed by atoms with E-state index in [-0.39, 0.29) is 18.1 Å². The first-order valence-corrected chi connectivity index (χ1v) is 4.65. The van der Waals surface area contributed by atoms with Crippen molar-refractivity contribution >= 4 is 0 Å². The van der Waals surface area contributed by atoms with E-state index in [1.165, 1.54) is 6.42 Å². The molecule has 0 aromatic heterocycles. The molecule has 0 radical (unpaired) electrons. The second-order valence-electron chi connectivity index (χ2n) is 3.87. The third-order valence-corrected chi connectivity index (χ3v) is 2.78. The normalized spacial score (nSPS) is 29.8. The van der Waals surface area contributed by atoms with E-state index in [0.717, 1.165) is 19.4 Å². The molecular formula is C9H19NO2. The molecule has 0 bridgehead atoms. The Labute approximate surface area is 73.9 Å². The van der Waals surface area contributed by atoms with E-state index < -0.39 is 0 Å². The maximum absolute atomic E-state index is 9.18. The summed E-state index contributed by atoms with van der Waals surface area (Å²) in [5, 5.41) is 9.18. The highest BCUT2D eigenvalue weighted by Gasteiger charge is 2.34. The molecule has 1 aliphatic heterocycles. The van der Waals surface area contributed by atoms with Crippen molar-refractivity contribution in [2.45, 2.75) is 32.3 Å². The van der Waals surface area contributed by atoms with Gasteiger partial charge in [-0.15, -0.1) is 0 Å². The average molecular weight is 173 g/mol. The smallest absolute Gasteiger partial charge is 0.0662 e. The maximum Gasteiger partial charge on any atom is 0.0662 e. The Morgan fingerprint density at radius 3 is 2.75 bits per heavy atom. The maximum atomic E-state index is 9.18. The number of hydrogen-bond acceptors (Lipinski definition) is 3. The van der Waals surface area contributed by atoms with Crippen molar-refractivity contribution in [2.24, 2.45) is 11.1 Å². The van der Waals surface area contributed by atoms with Crippen LogP contribution >= 0.6 is 0 Å². The lowest BCUT2D eigenvalue weighted by atomic mass is 9.81. The van der Waals surface area contributed by atoms with Gasteiger partial charge >= 0.3 is 0 Å². The van der Waals surface area contributed by atoms with Crippen molar-refractivity contribution in [1.82, 2.24) is 0 Å². The first-order valence-electron chi connectivity index (χ1n) is 4.65. The summed E-state index contributed by atoms with van der Waals surface area (Å²) in [7, 11) is 0. The van der Waals surface area contributed by atoms with Gasteiger partial charge in [0.05, 0.1) is 12.7 Å². The van der Waals surface area contributed by atoms with Crippen molar-refractivity contribution in [2.75, 3.05) is 19.8 Å². The van der Waals surface area contributed by atoms with Gasteiger partial charge in [-0.25, -0.2) is 0 Å². The molecule has 72 valence electrons. The van der Waals surface area contributed by atoms with E-state index in [4.69, 9.17) is 10.5 Å². The minimum atomic E-state index is -0.236. The zero-order valence-corrected chi connectivity index (χ0v) is 7.75. The molecule has 1 fully saturated rings. The third-order valence-electron chi connectivity index (χ3n) is 2.78. The largest absolute Gasteiger partial charge is 0.396 e. The van der Waals surface area contributed by atoms with Crippen LogP contribution in [0.2, 0.25) is 0 Å². The predicted molar refractivity (Wildman–Crippen MR) is 47.8 cm³/mol.